The van der Waals surface area contributed by atoms with E-state index in [-0.39, 0.29) is 45.8 Å². The number of Topliss-reactive ketones (excluding diaryl/α,β-unsaturated/α-hetero) is 1. The van der Waals surface area contributed by atoms with Crippen molar-refractivity contribution < 1.29 is 24.0 Å². The normalized spacial score (nSPS) is 17.3. The third-order valence-corrected chi connectivity index (χ3v) is 5.83. The molecule has 3 atom stereocenters. The fourth-order valence-electron chi connectivity index (χ4n) is 3.82. The van der Waals surface area contributed by atoms with Gasteiger partial charge in [-0.3, -0.25) is 29.0 Å². The van der Waals surface area contributed by atoms with Gasteiger partial charge in [0, 0.05) is 36.4 Å². The zero-order chi connectivity index (χ0) is 26.4. The third-order valence-electron chi connectivity index (χ3n) is 5.59. The highest BCUT2D eigenvalue weighted by molar-refractivity contribution is 6.38. The summed E-state index contributed by atoms with van der Waals surface area (Å²) in [6.07, 6.45) is 2.92. The topological polar surface area (TPSA) is 170 Å². The molecule has 0 bridgehead atoms. The van der Waals surface area contributed by atoms with Crippen LogP contribution in [0, 0.1) is 17.2 Å². The molecule has 1 aliphatic rings. The number of rotatable bonds is 8. The maximum Gasteiger partial charge on any atom is 0.289 e. The van der Waals surface area contributed by atoms with Crippen molar-refractivity contribution >= 4 is 46.7 Å². The first kappa shape index (κ1) is 26.3. The number of hydrogen-bond acceptors (Lipinski definition) is 7. The first-order valence-corrected chi connectivity index (χ1v) is 11.3. The number of pyridine rings is 1. The number of halogens is 1. The van der Waals surface area contributed by atoms with Gasteiger partial charge in [0.25, 0.3) is 17.7 Å². The molecule has 12 heteroatoms. The maximum absolute atomic E-state index is 13.2. The molecule has 3 rings (SSSR count). The fraction of sp³-hybridized carbons (Fsp3) is 0.292. The van der Waals surface area contributed by atoms with Crippen molar-refractivity contribution in [2.75, 3.05) is 12.4 Å². The Morgan fingerprint density at radius 2 is 1.97 bits per heavy atom. The van der Waals surface area contributed by atoms with Crippen LogP contribution in [0.1, 0.15) is 46.0 Å². The number of likely N-dealkylation sites (N-methyl/N-ethyl adjacent to an activating group) is 1. The number of carbonyl (C=O) groups excluding carboxylic acids is 5. The largest absolute Gasteiger partial charge is 0.353 e. The number of amides is 4. The van der Waals surface area contributed by atoms with Gasteiger partial charge in [0.15, 0.2) is 0 Å². The molecule has 4 N–H and O–H groups in total. The molecule has 0 aliphatic carbocycles. The van der Waals surface area contributed by atoms with Crippen LogP contribution in [0.15, 0.2) is 36.7 Å². The molecule has 186 valence electrons. The Morgan fingerprint density at radius 1 is 1.22 bits per heavy atom. The second kappa shape index (κ2) is 11.4. The van der Waals surface area contributed by atoms with Crippen molar-refractivity contribution in [1.29, 1.82) is 5.26 Å². The smallest absolute Gasteiger partial charge is 0.289 e. The van der Waals surface area contributed by atoms with Crippen LogP contribution in [0.2, 0.25) is 5.02 Å². The third kappa shape index (κ3) is 6.22. The predicted molar refractivity (Wildman–Crippen MR) is 129 cm³/mol. The number of carbonyl (C=O) groups is 5. The summed E-state index contributed by atoms with van der Waals surface area (Å²) in [5.74, 6) is -4.09. The fourth-order valence-corrected chi connectivity index (χ4v) is 4.00. The molecule has 2 heterocycles. The first-order chi connectivity index (χ1) is 17.1. The van der Waals surface area contributed by atoms with E-state index in [0.29, 0.717) is 6.42 Å². The van der Waals surface area contributed by atoms with Gasteiger partial charge in [0.1, 0.15) is 6.07 Å². The molecule has 36 heavy (non-hydrogen) atoms. The Labute approximate surface area is 211 Å². The Bertz CT molecular complexity index is 1270. The highest BCUT2D eigenvalue weighted by Gasteiger charge is 2.36. The Balaban J connectivity index is 1.86. The summed E-state index contributed by atoms with van der Waals surface area (Å²) in [7, 11) is 1.28. The lowest BCUT2D eigenvalue weighted by Crippen LogP contribution is -2.48. The van der Waals surface area contributed by atoms with E-state index in [1.807, 2.05) is 13.0 Å². The summed E-state index contributed by atoms with van der Waals surface area (Å²) in [5, 5.41) is 19.3. The SMILES string of the molecule is CNC(=O)C(=O)[C@H](C[C@@H]1C[C@@H](C)NC1=O)NC(=O)c1cc(Cl)ccc1NC(=O)c1cncc(C#N)c1. The number of nitriles is 1. The van der Waals surface area contributed by atoms with Crippen LogP contribution in [-0.2, 0) is 14.4 Å². The van der Waals surface area contributed by atoms with Crippen LogP contribution < -0.4 is 21.3 Å². The summed E-state index contributed by atoms with van der Waals surface area (Å²) in [6, 6.07) is 5.98. The van der Waals surface area contributed by atoms with Crippen molar-refractivity contribution in [1.82, 2.24) is 20.9 Å². The van der Waals surface area contributed by atoms with Crippen LogP contribution in [0.4, 0.5) is 5.69 Å². The molecule has 1 aromatic carbocycles. The number of nitrogens with zero attached hydrogens (tertiary/aromatic N) is 2. The molecule has 1 saturated heterocycles. The Kier molecular flexibility index (Phi) is 8.34. The maximum atomic E-state index is 13.2. The zero-order valence-electron chi connectivity index (χ0n) is 19.4. The lowest BCUT2D eigenvalue weighted by atomic mass is 9.93. The van der Waals surface area contributed by atoms with E-state index >= 15 is 0 Å². The van der Waals surface area contributed by atoms with E-state index < -0.39 is 35.5 Å². The van der Waals surface area contributed by atoms with Gasteiger partial charge in [0.2, 0.25) is 11.7 Å². The van der Waals surface area contributed by atoms with Gasteiger partial charge in [-0.2, -0.15) is 5.26 Å². The Hall–Kier alpha value is -4.30. The molecule has 0 radical (unpaired) electrons. The lowest BCUT2D eigenvalue weighted by Gasteiger charge is -2.20. The number of anilines is 1. The molecule has 0 spiro atoms. The lowest BCUT2D eigenvalue weighted by molar-refractivity contribution is -0.139. The van der Waals surface area contributed by atoms with Crippen LogP contribution in [0.25, 0.3) is 0 Å². The van der Waals surface area contributed by atoms with Crippen LogP contribution in [-0.4, -0.2) is 53.5 Å². The summed E-state index contributed by atoms with van der Waals surface area (Å²) in [5.41, 5.74) is 0.267. The molecule has 2 aromatic rings. The van der Waals surface area contributed by atoms with Crippen LogP contribution in [0.3, 0.4) is 0 Å². The van der Waals surface area contributed by atoms with Crippen LogP contribution >= 0.6 is 11.6 Å². The van der Waals surface area contributed by atoms with Gasteiger partial charge in [-0.05, 0) is 44.0 Å². The molecular formula is C24H23ClN6O5. The first-order valence-electron chi connectivity index (χ1n) is 11.0. The van der Waals surface area contributed by atoms with Gasteiger partial charge in [-0.25, -0.2) is 0 Å². The average Bonchev–Trinajstić information content (AvgIpc) is 3.19. The van der Waals surface area contributed by atoms with Gasteiger partial charge in [0.05, 0.1) is 28.4 Å². The van der Waals surface area contributed by atoms with E-state index in [9.17, 15) is 24.0 Å². The van der Waals surface area contributed by atoms with Crippen molar-refractivity contribution in [3.05, 3.63) is 58.4 Å². The number of hydrogen-bond donors (Lipinski definition) is 4. The van der Waals surface area contributed by atoms with Crippen LogP contribution in [0.5, 0.6) is 0 Å². The van der Waals surface area contributed by atoms with Gasteiger partial charge >= 0.3 is 0 Å². The van der Waals surface area contributed by atoms with E-state index in [1.165, 1.54) is 43.7 Å². The highest BCUT2D eigenvalue weighted by atomic mass is 35.5. The summed E-state index contributed by atoms with van der Waals surface area (Å²) >= 11 is 6.08. The van der Waals surface area contributed by atoms with E-state index in [1.54, 1.807) is 0 Å². The quantitative estimate of drug-likeness (QED) is 0.386. The summed E-state index contributed by atoms with van der Waals surface area (Å²) in [4.78, 5) is 66.7. The molecule has 4 amide bonds. The minimum absolute atomic E-state index is 0.0702. The minimum Gasteiger partial charge on any atom is -0.353 e. The average molecular weight is 511 g/mol. The monoisotopic (exact) mass is 510 g/mol. The number of aromatic nitrogens is 1. The predicted octanol–water partition coefficient (Wildman–Crippen LogP) is 1.19. The van der Waals surface area contributed by atoms with Crippen molar-refractivity contribution in [3.8, 4) is 6.07 Å². The second-order valence-electron chi connectivity index (χ2n) is 8.27. The molecular weight excluding hydrogens is 488 g/mol. The molecule has 1 aliphatic heterocycles. The number of benzene rings is 1. The molecule has 0 unspecified atom stereocenters. The molecule has 11 nitrogen and oxygen atoms in total. The number of ketones is 1. The highest BCUT2D eigenvalue weighted by Crippen LogP contribution is 2.24. The van der Waals surface area contributed by atoms with E-state index in [0.717, 1.165) is 0 Å². The molecule has 0 saturated carbocycles. The standard InChI is InChI=1S/C24H23ClN6O5/c1-12-5-14(21(33)29-12)7-19(20(32)24(36)27-2)31-23(35)17-8-16(25)3-4-18(17)30-22(34)15-6-13(9-26)10-28-11-15/h3-4,6,8,10-12,14,19H,5,7H2,1-2H3,(H,27,36)(H,29,33)(H,30,34)(H,31,35)/t12-,14+,19+/m1/s1. The molecule has 1 fully saturated rings. The molecule has 1 aromatic heterocycles. The number of nitrogens with one attached hydrogen (secondary N) is 4. The van der Waals surface area contributed by atoms with E-state index in [4.69, 9.17) is 16.9 Å². The van der Waals surface area contributed by atoms with Gasteiger partial charge in [-0.1, -0.05) is 11.6 Å². The summed E-state index contributed by atoms with van der Waals surface area (Å²) < 4.78 is 0. The van der Waals surface area contributed by atoms with Crippen molar-refractivity contribution in [3.63, 3.8) is 0 Å². The zero-order valence-corrected chi connectivity index (χ0v) is 20.2. The summed E-state index contributed by atoms with van der Waals surface area (Å²) in [6.45, 7) is 1.81. The van der Waals surface area contributed by atoms with Gasteiger partial charge in [-0.15, -0.1) is 0 Å². The van der Waals surface area contributed by atoms with Crippen molar-refractivity contribution in [2.24, 2.45) is 5.92 Å². The Morgan fingerprint density at radius 3 is 2.61 bits per heavy atom. The minimum atomic E-state index is -1.29. The second-order valence-corrected chi connectivity index (χ2v) is 8.70. The van der Waals surface area contributed by atoms with Gasteiger partial charge < -0.3 is 21.3 Å². The van der Waals surface area contributed by atoms with Crippen molar-refractivity contribution in [2.45, 2.75) is 31.8 Å². The van der Waals surface area contributed by atoms with E-state index in [2.05, 4.69) is 26.3 Å².